The van der Waals surface area contributed by atoms with Gasteiger partial charge in [-0.15, -0.1) is 23.5 Å². The highest BCUT2D eigenvalue weighted by molar-refractivity contribution is 8.04. The monoisotopic (exact) mass is 334 g/mol. The summed E-state index contributed by atoms with van der Waals surface area (Å²) in [6.45, 7) is 10.1. The molecule has 0 bridgehead atoms. The van der Waals surface area contributed by atoms with Gasteiger partial charge in [-0.2, -0.15) is 0 Å². The Hall–Kier alpha value is 0.180. The molecule has 0 N–H and O–H groups in total. The number of rotatable bonds is 3. The van der Waals surface area contributed by atoms with Gasteiger partial charge < -0.3 is 0 Å². The molecule has 6 unspecified atom stereocenters. The second-order valence-corrected chi connectivity index (χ2v) is 11.1. The molecule has 122 valence electrons. The van der Waals surface area contributed by atoms with Crippen molar-refractivity contribution in [3.63, 3.8) is 0 Å². The summed E-state index contributed by atoms with van der Waals surface area (Å²) >= 11 is 4.29. The maximum Gasteiger partial charge on any atom is 0.0202 e. The van der Waals surface area contributed by atoms with Gasteiger partial charge in [-0.3, -0.25) is 0 Å². The lowest BCUT2D eigenvalue weighted by molar-refractivity contribution is 0.119. The zero-order valence-corrected chi connectivity index (χ0v) is 16.0. The zero-order chi connectivity index (χ0) is 15.5. The number of hydrogen-bond donors (Lipinski definition) is 0. The van der Waals surface area contributed by atoms with E-state index in [0.29, 0.717) is 5.41 Å². The third-order valence-electron chi connectivity index (χ3n) is 7.31. The van der Waals surface area contributed by atoms with E-state index < -0.39 is 0 Å². The first-order valence-electron chi connectivity index (χ1n) is 9.14. The lowest BCUT2D eigenvalue weighted by Gasteiger charge is -2.43. The van der Waals surface area contributed by atoms with Gasteiger partial charge in [0, 0.05) is 10.5 Å². The van der Waals surface area contributed by atoms with Gasteiger partial charge in [0.15, 0.2) is 0 Å². The van der Waals surface area contributed by atoms with Crippen LogP contribution in [-0.2, 0) is 0 Å². The molecule has 0 saturated heterocycles. The van der Waals surface area contributed by atoms with Crippen LogP contribution in [0.2, 0.25) is 0 Å². The summed E-state index contributed by atoms with van der Waals surface area (Å²) < 4.78 is 0. The molecule has 2 aliphatic heterocycles. The van der Waals surface area contributed by atoms with Gasteiger partial charge in [0.25, 0.3) is 0 Å². The van der Waals surface area contributed by atoms with Crippen LogP contribution in [-0.4, -0.2) is 10.5 Å². The Bertz CT molecular complexity index is 464. The fourth-order valence-corrected chi connectivity index (χ4v) is 9.09. The van der Waals surface area contributed by atoms with E-state index in [2.05, 4.69) is 74.2 Å². The van der Waals surface area contributed by atoms with Crippen molar-refractivity contribution in [2.45, 2.75) is 57.5 Å². The van der Waals surface area contributed by atoms with Gasteiger partial charge in [-0.1, -0.05) is 39.8 Å². The van der Waals surface area contributed by atoms with Crippen LogP contribution in [0, 0.1) is 40.9 Å². The van der Waals surface area contributed by atoms with Crippen LogP contribution in [0.15, 0.2) is 23.0 Å². The van der Waals surface area contributed by atoms with Crippen molar-refractivity contribution in [2.75, 3.05) is 0 Å². The van der Waals surface area contributed by atoms with Gasteiger partial charge in [-0.05, 0) is 71.0 Å². The van der Waals surface area contributed by atoms with Crippen molar-refractivity contribution in [1.29, 1.82) is 0 Å². The van der Waals surface area contributed by atoms with Crippen molar-refractivity contribution >= 4 is 23.5 Å². The Labute approximate surface area is 145 Å². The van der Waals surface area contributed by atoms with Crippen LogP contribution >= 0.6 is 23.5 Å². The standard InChI is InChI=1S/C20H30S2/c1-12(2)13-5-6-14(11-13)20(3,4)17-18-15(7-9-21-18)16-8-10-22-19(16)17/h7-10,12-19H,5-6,11H2,1-4H3/t13?,14?,15-,16?,17?,18?,19?/m0/s1. The molecule has 0 aromatic rings. The van der Waals surface area contributed by atoms with Gasteiger partial charge in [0.1, 0.15) is 0 Å². The number of allylic oxidation sites excluding steroid dienone is 2. The molecule has 4 aliphatic rings. The van der Waals surface area contributed by atoms with Gasteiger partial charge >= 0.3 is 0 Å². The molecule has 0 amide bonds. The first-order chi connectivity index (χ1) is 10.5. The van der Waals surface area contributed by atoms with Crippen molar-refractivity contribution in [1.82, 2.24) is 0 Å². The second-order valence-electron chi connectivity index (χ2n) is 8.87. The highest BCUT2D eigenvalue weighted by atomic mass is 32.2. The lowest BCUT2D eigenvalue weighted by atomic mass is 9.66. The molecule has 2 fully saturated rings. The van der Waals surface area contributed by atoms with Gasteiger partial charge in [0.2, 0.25) is 0 Å². The zero-order valence-electron chi connectivity index (χ0n) is 14.4. The third-order valence-corrected chi connectivity index (χ3v) is 9.78. The van der Waals surface area contributed by atoms with E-state index in [4.69, 9.17) is 0 Å². The van der Waals surface area contributed by atoms with Crippen LogP contribution in [0.1, 0.15) is 47.0 Å². The number of thioether (sulfide) groups is 2. The predicted molar refractivity (Wildman–Crippen MR) is 101 cm³/mol. The fourth-order valence-electron chi connectivity index (χ4n) is 5.80. The summed E-state index contributed by atoms with van der Waals surface area (Å²) in [5, 5.41) is 6.50. The van der Waals surface area contributed by atoms with Crippen LogP contribution < -0.4 is 0 Å². The average Bonchev–Trinajstić information content (AvgIpc) is 3.20. The summed E-state index contributed by atoms with van der Waals surface area (Å²) in [7, 11) is 0. The molecule has 22 heavy (non-hydrogen) atoms. The first-order valence-corrected chi connectivity index (χ1v) is 11.0. The molecule has 0 spiro atoms. The highest BCUT2D eigenvalue weighted by Crippen LogP contribution is 2.63. The molecule has 2 heterocycles. The van der Waals surface area contributed by atoms with Crippen LogP contribution in [0.25, 0.3) is 0 Å². The molecule has 2 heteroatoms. The van der Waals surface area contributed by atoms with E-state index in [1.54, 1.807) is 0 Å². The molecule has 0 radical (unpaired) electrons. The summed E-state index contributed by atoms with van der Waals surface area (Å²) in [6.07, 6.45) is 9.45. The summed E-state index contributed by atoms with van der Waals surface area (Å²) in [5.41, 5.74) is 0.490. The number of fused-ring (bicyclic) bond motifs is 3. The van der Waals surface area contributed by atoms with E-state index in [9.17, 15) is 0 Å². The van der Waals surface area contributed by atoms with E-state index in [-0.39, 0.29) is 0 Å². The minimum atomic E-state index is 0.490. The van der Waals surface area contributed by atoms with Crippen molar-refractivity contribution in [2.24, 2.45) is 40.9 Å². The summed E-state index contributed by atoms with van der Waals surface area (Å²) in [4.78, 5) is 0. The third kappa shape index (κ3) is 2.27. The molecule has 0 aromatic heterocycles. The quantitative estimate of drug-likeness (QED) is 0.602. The van der Waals surface area contributed by atoms with E-state index >= 15 is 0 Å². The maximum atomic E-state index is 2.61. The minimum Gasteiger partial charge on any atom is -0.130 e. The Morgan fingerprint density at radius 1 is 0.955 bits per heavy atom. The Morgan fingerprint density at radius 3 is 2.05 bits per heavy atom. The first kappa shape index (κ1) is 15.7. The lowest BCUT2D eigenvalue weighted by Crippen LogP contribution is -2.40. The maximum absolute atomic E-state index is 2.61. The Morgan fingerprint density at radius 2 is 1.55 bits per heavy atom. The van der Waals surface area contributed by atoms with Gasteiger partial charge in [-0.25, -0.2) is 0 Å². The van der Waals surface area contributed by atoms with E-state index in [1.165, 1.54) is 19.3 Å². The average molecular weight is 335 g/mol. The molecular weight excluding hydrogens is 304 g/mol. The minimum absolute atomic E-state index is 0.490. The smallest absolute Gasteiger partial charge is 0.0202 e. The van der Waals surface area contributed by atoms with Crippen molar-refractivity contribution in [3.05, 3.63) is 23.0 Å². The summed E-state index contributed by atoms with van der Waals surface area (Å²) in [6, 6.07) is 0. The topological polar surface area (TPSA) is 0 Å². The summed E-state index contributed by atoms with van der Waals surface area (Å²) in [5.74, 6) is 5.28. The van der Waals surface area contributed by atoms with Crippen LogP contribution in [0.5, 0.6) is 0 Å². The molecule has 0 aromatic carbocycles. The van der Waals surface area contributed by atoms with E-state index in [0.717, 1.165) is 46.0 Å². The Kier molecular flexibility index (Phi) is 4.01. The van der Waals surface area contributed by atoms with E-state index in [1.807, 2.05) is 0 Å². The predicted octanol–water partition coefficient (Wildman–Crippen LogP) is 6.21. The largest absolute Gasteiger partial charge is 0.130 e. The fraction of sp³-hybridized carbons (Fsp3) is 0.800. The van der Waals surface area contributed by atoms with Crippen molar-refractivity contribution < 1.29 is 0 Å². The molecule has 2 aliphatic carbocycles. The normalized spacial score (nSPS) is 46.7. The SMILES string of the molecule is CC(C)C1CCC(C(C)(C)C2C3SC=CC3[C@@H]3C=CSC23)C1. The molecule has 2 saturated carbocycles. The second kappa shape index (κ2) is 5.62. The Balaban J connectivity index is 1.58. The number of hydrogen-bond acceptors (Lipinski definition) is 2. The van der Waals surface area contributed by atoms with Crippen molar-refractivity contribution in [3.8, 4) is 0 Å². The molecule has 4 rings (SSSR count). The van der Waals surface area contributed by atoms with Crippen LogP contribution in [0.4, 0.5) is 0 Å². The molecule has 7 atom stereocenters. The highest BCUT2D eigenvalue weighted by Gasteiger charge is 2.58. The molecular formula is C20H30S2. The van der Waals surface area contributed by atoms with Crippen LogP contribution in [0.3, 0.4) is 0 Å². The molecule has 0 nitrogen and oxygen atoms in total. The van der Waals surface area contributed by atoms with Gasteiger partial charge in [0.05, 0.1) is 0 Å².